The molecule has 2 amide bonds. The average Bonchev–Trinajstić information content (AvgIpc) is 2.97. The van der Waals surface area contributed by atoms with Crippen molar-refractivity contribution in [2.24, 2.45) is 5.73 Å². The number of aromatic nitrogens is 2. The van der Waals surface area contributed by atoms with Gasteiger partial charge in [-0.25, -0.2) is 4.98 Å². The highest BCUT2D eigenvalue weighted by molar-refractivity contribution is 5.95. The van der Waals surface area contributed by atoms with Crippen molar-refractivity contribution in [2.75, 3.05) is 18.6 Å². The molecule has 0 atom stereocenters. The number of pyridine rings is 2. The summed E-state index contributed by atoms with van der Waals surface area (Å²) < 4.78 is 18.8. The molecule has 8 nitrogen and oxygen atoms in total. The molecule has 186 valence electrons. The van der Waals surface area contributed by atoms with Crippen molar-refractivity contribution in [1.82, 2.24) is 9.97 Å². The van der Waals surface area contributed by atoms with Gasteiger partial charge in [0.2, 0.25) is 11.9 Å². The van der Waals surface area contributed by atoms with Gasteiger partial charge in [0.25, 0.3) is 5.91 Å². The maximum Gasteiger partial charge on any atom is 0.267 e. The minimum absolute atomic E-state index is 0.0198. The number of hydrogen-bond acceptors (Lipinski definition) is 6. The largest absolute Gasteiger partial charge is 0.491 e. The van der Waals surface area contributed by atoms with Gasteiger partial charge in [-0.1, -0.05) is 17.9 Å². The Labute approximate surface area is 208 Å². The molecule has 3 N–H and O–H groups in total. The molecule has 0 saturated heterocycles. The lowest BCUT2D eigenvalue weighted by atomic mass is 10.1. The van der Waals surface area contributed by atoms with Crippen LogP contribution in [0.1, 0.15) is 47.4 Å². The smallest absolute Gasteiger partial charge is 0.267 e. The number of primary amides is 1. The predicted molar refractivity (Wildman–Crippen MR) is 133 cm³/mol. The second-order valence-corrected chi connectivity index (χ2v) is 8.59. The quantitative estimate of drug-likeness (QED) is 0.431. The Bertz CT molecular complexity index is 1330. The third kappa shape index (κ3) is 7.35. The van der Waals surface area contributed by atoms with Crippen LogP contribution in [0.3, 0.4) is 0 Å². The van der Waals surface area contributed by atoms with E-state index >= 15 is 0 Å². The van der Waals surface area contributed by atoms with Gasteiger partial charge in [-0.05, 0) is 55.8 Å². The number of anilines is 1. The number of benzene rings is 1. The first-order valence-electron chi connectivity index (χ1n) is 11.2. The number of halogens is 1. The van der Waals surface area contributed by atoms with E-state index in [2.05, 4.69) is 21.8 Å². The van der Waals surface area contributed by atoms with Crippen molar-refractivity contribution in [3.8, 4) is 17.6 Å². The minimum Gasteiger partial charge on any atom is -0.491 e. The van der Waals surface area contributed by atoms with Gasteiger partial charge in [0.15, 0.2) is 0 Å². The van der Waals surface area contributed by atoms with Crippen LogP contribution in [-0.2, 0) is 11.2 Å². The first-order chi connectivity index (χ1) is 17.0. The normalized spacial score (nSPS) is 12.7. The van der Waals surface area contributed by atoms with Crippen LogP contribution < -0.4 is 15.4 Å². The predicted octanol–water partition coefficient (Wildman–Crippen LogP) is 2.86. The van der Waals surface area contributed by atoms with E-state index in [1.165, 1.54) is 12.4 Å². The molecule has 0 aliphatic carbocycles. The lowest BCUT2D eigenvalue weighted by molar-refractivity contribution is -0.118. The first-order valence-corrected chi connectivity index (χ1v) is 11.2. The molecule has 0 spiro atoms. The summed E-state index contributed by atoms with van der Waals surface area (Å²) >= 11 is 0. The number of hydrogen-bond donors (Lipinski definition) is 2. The molecule has 3 aromatic rings. The zero-order chi connectivity index (χ0) is 26.3. The highest BCUT2D eigenvalue weighted by Gasteiger charge is 2.20. The van der Waals surface area contributed by atoms with Gasteiger partial charge in [0.05, 0.1) is 18.7 Å². The zero-order valence-electron chi connectivity index (χ0n) is 20.3. The van der Waals surface area contributed by atoms with Crippen LogP contribution in [0.25, 0.3) is 0 Å². The Morgan fingerprint density at radius 1 is 1.22 bits per heavy atom. The molecule has 0 fully saturated rings. The van der Waals surface area contributed by atoms with Crippen LogP contribution in [0, 0.1) is 17.8 Å². The van der Waals surface area contributed by atoms with Crippen molar-refractivity contribution in [3.63, 3.8) is 0 Å². The van der Waals surface area contributed by atoms with Crippen molar-refractivity contribution in [1.29, 1.82) is 0 Å². The van der Waals surface area contributed by atoms with Gasteiger partial charge < -0.3 is 20.5 Å². The molecule has 2 aromatic heterocycles. The number of carbonyl (C=O) groups is 2. The van der Waals surface area contributed by atoms with E-state index in [0.29, 0.717) is 36.4 Å². The number of ether oxygens (including phenoxy) is 1. The van der Waals surface area contributed by atoms with Crippen LogP contribution in [0.5, 0.6) is 5.75 Å². The summed E-state index contributed by atoms with van der Waals surface area (Å²) in [5, 5.41) is 9.59. The maximum atomic E-state index is 13.3. The second kappa shape index (κ2) is 11.4. The first kappa shape index (κ1) is 26.3. The number of fused-ring (bicyclic) bond motifs is 1. The summed E-state index contributed by atoms with van der Waals surface area (Å²) in [6.45, 7) is 3.65. The van der Waals surface area contributed by atoms with Gasteiger partial charge in [-0.2, -0.15) is 4.39 Å². The highest BCUT2D eigenvalue weighted by atomic mass is 19.1. The van der Waals surface area contributed by atoms with E-state index < -0.39 is 17.5 Å². The van der Waals surface area contributed by atoms with Crippen molar-refractivity contribution in [2.45, 2.75) is 32.3 Å². The van der Waals surface area contributed by atoms with E-state index in [0.717, 1.165) is 11.1 Å². The van der Waals surface area contributed by atoms with Gasteiger partial charge in [0, 0.05) is 37.0 Å². The number of aliphatic hydroxyl groups is 1. The van der Waals surface area contributed by atoms with Crippen LogP contribution in [0.4, 0.5) is 10.1 Å². The fourth-order valence-corrected chi connectivity index (χ4v) is 3.24. The maximum absolute atomic E-state index is 13.3. The molecule has 3 heterocycles. The molecule has 0 unspecified atom stereocenters. The van der Waals surface area contributed by atoms with Gasteiger partial charge in [-0.3, -0.25) is 14.6 Å². The standard InChI is InChI=1S/C15H17NO3.C12H10FN3O/c1-15(2,18)8-6-11-4-5-13-12(10-11)16(3)14(17)7-9-19-13;13-11-9(2-1-4-16-11)6-8-3-5-15-10(7-8)12(14)17/h4-5,10,18H,7,9H2,1-3H3;1-5,7H,6H2,(H2,14,17). The molecule has 0 bridgehead atoms. The minimum atomic E-state index is -1.04. The second-order valence-electron chi connectivity index (χ2n) is 8.59. The lowest BCUT2D eigenvalue weighted by Gasteiger charge is -2.16. The van der Waals surface area contributed by atoms with E-state index in [4.69, 9.17) is 10.5 Å². The highest BCUT2D eigenvalue weighted by Crippen LogP contribution is 2.31. The Morgan fingerprint density at radius 2 is 2.00 bits per heavy atom. The average molecular weight is 491 g/mol. The molecule has 1 aliphatic rings. The van der Waals surface area contributed by atoms with Crippen LogP contribution in [-0.4, -0.2) is 46.1 Å². The monoisotopic (exact) mass is 490 g/mol. The Kier molecular flexibility index (Phi) is 8.35. The number of amides is 2. The Hall–Kier alpha value is -4.29. The van der Waals surface area contributed by atoms with Crippen LogP contribution in [0.15, 0.2) is 54.9 Å². The fourth-order valence-electron chi connectivity index (χ4n) is 3.24. The summed E-state index contributed by atoms with van der Waals surface area (Å²) in [4.78, 5) is 31.7. The van der Waals surface area contributed by atoms with Crippen molar-refractivity contribution in [3.05, 3.63) is 83.2 Å². The molecule has 0 saturated carbocycles. The van der Waals surface area contributed by atoms with Crippen LogP contribution >= 0.6 is 0 Å². The number of nitrogens with two attached hydrogens (primary N) is 1. The lowest BCUT2D eigenvalue weighted by Crippen LogP contribution is -2.25. The van der Waals surface area contributed by atoms with E-state index in [-0.39, 0.29) is 11.6 Å². The number of carbonyl (C=O) groups excluding carboxylic acids is 2. The summed E-state index contributed by atoms with van der Waals surface area (Å²) in [5.41, 5.74) is 6.94. The zero-order valence-corrected chi connectivity index (χ0v) is 20.3. The Balaban J connectivity index is 0.000000202. The molecular formula is C27H27FN4O4. The van der Waals surface area contributed by atoms with Gasteiger partial charge in [0.1, 0.15) is 17.0 Å². The van der Waals surface area contributed by atoms with E-state index in [1.807, 2.05) is 6.07 Å². The summed E-state index contributed by atoms with van der Waals surface area (Å²) in [7, 11) is 1.73. The van der Waals surface area contributed by atoms with Crippen molar-refractivity contribution >= 4 is 17.5 Å². The SMILES string of the molecule is CN1C(=O)CCOc2ccc(C#CC(C)(C)O)cc21.NC(=O)c1cc(Cc2cccnc2F)ccn1. The summed E-state index contributed by atoms with van der Waals surface area (Å²) in [5.74, 6) is 5.24. The molecule has 4 rings (SSSR count). The van der Waals surface area contributed by atoms with Crippen LogP contribution in [0.2, 0.25) is 0 Å². The Morgan fingerprint density at radius 3 is 2.69 bits per heavy atom. The molecule has 1 aromatic carbocycles. The third-order valence-corrected chi connectivity index (χ3v) is 5.09. The van der Waals surface area contributed by atoms with Crippen molar-refractivity contribution < 1.29 is 23.8 Å². The molecule has 9 heteroatoms. The fraction of sp³-hybridized carbons (Fsp3) is 0.259. The molecular weight excluding hydrogens is 463 g/mol. The van der Waals surface area contributed by atoms with Gasteiger partial charge >= 0.3 is 0 Å². The van der Waals surface area contributed by atoms with Gasteiger partial charge in [-0.15, -0.1) is 0 Å². The molecule has 0 radical (unpaired) electrons. The number of rotatable bonds is 3. The molecule has 36 heavy (non-hydrogen) atoms. The third-order valence-electron chi connectivity index (χ3n) is 5.09. The summed E-state index contributed by atoms with van der Waals surface area (Å²) in [6, 6.07) is 12.0. The topological polar surface area (TPSA) is 119 Å². The van der Waals surface area contributed by atoms with E-state index in [1.54, 1.807) is 62.2 Å². The summed E-state index contributed by atoms with van der Waals surface area (Å²) in [6.07, 6.45) is 3.59. The van der Waals surface area contributed by atoms with E-state index in [9.17, 15) is 19.1 Å². The number of nitrogens with zero attached hydrogens (tertiary/aromatic N) is 3. The molecule has 1 aliphatic heterocycles.